The van der Waals surface area contributed by atoms with E-state index in [9.17, 15) is 18.0 Å². The minimum atomic E-state index is -4.68. The average molecular weight is 457 g/mol. The lowest BCUT2D eigenvalue weighted by Crippen LogP contribution is -2.62. The molecule has 0 aromatic heterocycles. The summed E-state index contributed by atoms with van der Waals surface area (Å²) in [6, 6.07) is 10.9. The fraction of sp³-hybridized carbons (Fsp3) is 0.409. The summed E-state index contributed by atoms with van der Waals surface area (Å²) in [5, 5.41) is 5.75. The van der Waals surface area contributed by atoms with E-state index in [4.69, 9.17) is 23.2 Å². The highest BCUT2D eigenvalue weighted by atomic mass is 35.5. The van der Waals surface area contributed by atoms with Crippen molar-refractivity contribution in [2.45, 2.75) is 43.4 Å². The summed E-state index contributed by atoms with van der Waals surface area (Å²) in [6.45, 7) is 0.865. The number of fused-ring (bicyclic) bond motifs is 3. The molecule has 2 saturated heterocycles. The topological polar surface area (TPSA) is 41.1 Å². The van der Waals surface area contributed by atoms with Crippen LogP contribution in [-0.4, -0.2) is 18.0 Å². The van der Waals surface area contributed by atoms with E-state index in [1.807, 2.05) is 30.3 Å². The van der Waals surface area contributed by atoms with Crippen LogP contribution in [0.25, 0.3) is 0 Å². The van der Waals surface area contributed by atoms with Crippen LogP contribution in [0, 0.1) is 5.92 Å². The van der Waals surface area contributed by atoms with Gasteiger partial charge in [0.05, 0.1) is 27.2 Å². The summed E-state index contributed by atoms with van der Waals surface area (Å²) in [5.74, 6) is -0.0832. The van der Waals surface area contributed by atoms with Crippen LogP contribution in [0.15, 0.2) is 42.5 Å². The van der Waals surface area contributed by atoms with Crippen molar-refractivity contribution >= 4 is 29.1 Å². The zero-order valence-electron chi connectivity index (χ0n) is 16.0. The van der Waals surface area contributed by atoms with Gasteiger partial charge in [0, 0.05) is 5.54 Å². The normalized spacial score (nSPS) is 24.5. The Morgan fingerprint density at radius 1 is 1.10 bits per heavy atom. The van der Waals surface area contributed by atoms with Crippen molar-refractivity contribution in [2.24, 2.45) is 5.92 Å². The molecule has 3 nitrogen and oxygen atoms in total. The summed E-state index contributed by atoms with van der Waals surface area (Å²) < 4.78 is 39.9. The molecule has 3 fully saturated rings. The molecule has 1 atom stereocenters. The Kier molecular flexibility index (Phi) is 5.77. The number of benzene rings is 2. The molecule has 2 aromatic carbocycles. The summed E-state index contributed by atoms with van der Waals surface area (Å²) in [5.41, 5.74) is -0.899. The second-order valence-corrected chi connectivity index (χ2v) is 8.86. The van der Waals surface area contributed by atoms with Crippen LogP contribution in [0.4, 0.5) is 13.2 Å². The number of halogens is 5. The zero-order valence-corrected chi connectivity index (χ0v) is 17.5. The van der Waals surface area contributed by atoms with E-state index in [0.717, 1.165) is 49.9 Å². The molecule has 1 unspecified atom stereocenters. The maximum absolute atomic E-state index is 13.3. The molecular weight excluding hydrogens is 436 g/mol. The maximum atomic E-state index is 13.3. The van der Waals surface area contributed by atoms with E-state index in [1.165, 1.54) is 0 Å². The predicted molar refractivity (Wildman–Crippen MR) is 111 cm³/mol. The molecule has 0 radical (unpaired) electrons. The van der Waals surface area contributed by atoms with E-state index in [2.05, 4.69) is 10.6 Å². The van der Waals surface area contributed by atoms with Crippen LogP contribution >= 0.6 is 23.2 Å². The Bertz CT molecular complexity index is 928. The van der Waals surface area contributed by atoms with Gasteiger partial charge in [-0.25, -0.2) is 0 Å². The number of carbonyl (C=O) groups is 1. The third-order valence-corrected chi connectivity index (χ3v) is 7.03. The van der Waals surface area contributed by atoms with Crippen molar-refractivity contribution in [1.29, 1.82) is 0 Å². The SMILES string of the molecule is O=C(NC(c1ccccc1)C12CCC(CC1)CN2)c1c(Cl)ccc(C(F)(F)F)c1Cl. The molecule has 3 aliphatic rings. The third kappa shape index (κ3) is 3.93. The predicted octanol–water partition coefficient (Wildman–Crippen LogP) is 6.02. The highest BCUT2D eigenvalue weighted by Crippen LogP contribution is 2.45. The summed E-state index contributed by atoms with van der Waals surface area (Å²) in [6.07, 6.45) is -0.824. The molecule has 2 aromatic rings. The number of carbonyl (C=O) groups excluding carboxylic acids is 1. The molecule has 2 aliphatic heterocycles. The van der Waals surface area contributed by atoms with Crippen LogP contribution < -0.4 is 10.6 Å². The zero-order chi connectivity index (χ0) is 21.5. The lowest BCUT2D eigenvalue weighted by atomic mass is 9.67. The van der Waals surface area contributed by atoms with Crippen LogP contribution in [0.3, 0.4) is 0 Å². The summed E-state index contributed by atoms with van der Waals surface area (Å²) in [4.78, 5) is 13.2. The molecule has 5 rings (SSSR count). The third-order valence-electron chi connectivity index (χ3n) is 6.32. The number of hydrogen-bond donors (Lipinski definition) is 2. The molecule has 1 saturated carbocycles. The molecule has 1 aliphatic carbocycles. The van der Waals surface area contributed by atoms with Crippen LogP contribution in [0.1, 0.15) is 53.2 Å². The van der Waals surface area contributed by atoms with Gasteiger partial charge in [-0.1, -0.05) is 53.5 Å². The molecule has 2 N–H and O–H groups in total. The van der Waals surface area contributed by atoms with Crippen LogP contribution in [0.5, 0.6) is 0 Å². The van der Waals surface area contributed by atoms with Gasteiger partial charge in [0.15, 0.2) is 0 Å². The van der Waals surface area contributed by atoms with Crippen molar-refractivity contribution in [3.63, 3.8) is 0 Å². The molecule has 160 valence electrons. The summed E-state index contributed by atoms with van der Waals surface area (Å²) >= 11 is 12.1. The Hall–Kier alpha value is -1.76. The molecule has 30 heavy (non-hydrogen) atoms. The van der Waals surface area contributed by atoms with Crippen molar-refractivity contribution in [3.05, 3.63) is 69.2 Å². The van der Waals surface area contributed by atoms with Crippen molar-refractivity contribution in [2.75, 3.05) is 6.54 Å². The second kappa shape index (κ2) is 8.06. The number of rotatable bonds is 4. The fourth-order valence-electron chi connectivity index (χ4n) is 4.68. The van der Waals surface area contributed by atoms with Gasteiger partial charge in [0.25, 0.3) is 5.91 Å². The van der Waals surface area contributed by atoms with E-state index >= 15 is 0 Å². The number of amides is 1. The first-order chi connectivity index (χ1) is 14.2. The van der Waals surface area contributed by atoms with Gasteiger partial charge in [-0.05, 0) is 55.8 Å². The number of piperidine rings is 2. The van der Waals surface area contributed by atoms with Crippen LogP contribution in [-0.2, 0) is 6.18 Å². The Balaban J connectivity index is 1.72. The van der Waals surface area contributed by atoms with E-state index in [0.29, 0.717) is 5.92 Å². The minimum absolute atomic E-state index is 0.116. The monoisotopic (exact) mass is 456 g/mol. The molecule has 2 bridgehead atoms. The largest absolute Gasteiger partial charge is 0.417 e. The maximum Gasteiger partial charge on any atom is 0.417 e. The lowest BCUT2D eigenvalue weighted by molar-refractivity contribution is -0.137. The number of hydrogen-bond acceptors (Lipinski definition) is 2. The first-order valence-corrected chi connectivity index (χ1v) is 10.6. The second-order valence-electron chi connectivity index (χ2n) is 8.08. The van der Waals surface area contributed by atoms with Crippen LogP contribution in [0.2, 0.25) is 10.0 Å². The van der Waals surface area contributed by atoms with Gasteiger partial charge >= 0.3 is 6.18 Å². The van der Waals surface area contributed by atoms with Gasteiger partial charge in [0.1, 0.15) is 0 Å². The first kappa shape index (κ1) is 21.5. The fourth-order valence-corrected chi connectivity index (χ4v) is 5.33. The van der Waals surface area contributed by atoms with Crippen molar-refractivity contribution in [3.8, 4) is 0 Å². The van der Waals surface area contributed by atoms with Gasteiger partial charge in [-0.2, -0.15) is 13.2 Å². The van der Waals surface area contributed by atoms with Crippen molar-refractivity contribution in [1.82, 2.24) is 10.6 Å². The highest BCUT2D eigenvalue weighted by Gasteiger charge is 2.47. The number of alkyl halides is 3. The molecule has 2 heterocycles. The van der Waals surface area contributed by atoms with E-state index < -0.39 is 28.7 Å². The van der Waals surface area contributed by atoms with E-state index in [-0.39, 0.29) is 16.1 Å². The Morgan fingerprint density at radius 3 is 2.33 bits per heavy atom. The number of nitrogens with one attached hydrogen (secondary N) is 2. The standard InChI is InChI=1S/C22H21Cl2F3N2O/c23-16-7-6-15(22(25,26)27)18(24)17(16)20(30)29-19(14-4-2-1-3-5-14)21-10-8-13(9-11-21)12-28-21/h1-7,13,19,28H,8-12H2,(H,29,30). The molecule has 1 amide bonds. The average Bonchev–Trinajstić information content (AvgIpc) is 2.73. The van der Waals surface area contributed by atoms with Gasteiger partial charge in [0.2, 0.25) is 0 Å². The smallest absolute Gasteiger partial charge is 0.343 e. The summed E-state index contributed by atoms with van der Waals surface area (Å²) in [7, 11) is 0. The highest BCUT2D eigenvalue weighted by molar-refractivity contribution is 6.40. The van der Waals surface area contributed by atoms with Crippen molar-refractivity contribution < 1.29 is 18.0 Å². The Morgan fingerprint density at radius 2 is 1.77 bits per heavy atom. The molecular formula is C22H21Cl2F3N2O. The lowest BCUT2D eigenvalue weighted by Gasteiger charge is -2.52. The van der Waals surface area contributed by atoms with Gasteiger partial charge in [-0.15, -0.1) is 0 Å². The molecule has 8 heteroatoms. The quantitative estimate of drug-likeness (QED) is 0.590. The van der Waals surface area contributed by atoms with E-state index in [1.54, 1.807) is 0 Å². The Labute approximate surface area is 182 Å². The van der Waals surface area contributed by atoms with Gasteiger partial charge in [-0.3, -0.25) is 4.79 Å². The molecule has 0 spiro atoms. The minimum Gasteiger partial charge on any atom is -0.343 e. The first-order valence-electron chi connectivity index (χ1n) is 9.87. The van der Waals surface area contributed by atoms with Gasteiger partial charge < -0.3 is 10.6 Å².